The zero-order chi connectivity index (χ0) is 26.1. The SMILES string of the molecule is COc1cccc(-c2cc(F)ccc2[C@H]2Cc3nc(N)nc(C)c3C(NOCC(=O)N3CC(O)C3)=N2)n1. The first kappa shape index (κ1) is 24.5. The van der Waals surface area contributed by atoms with Crippen molar-refractivity contribution < 1.29 is 23.9 Å². The van der Waals surface area contributed by atoms with Crippen molar-refractivity contribution in [2.75, 3.05) is 32.5 Å². The Kier molecular flexibility index (Phi) is 6.68. The molecule has 0 radical (unpaired) electrons. The van der Waals surface area contributed by atoms with E-state index in [2.05, 4.69) is 20.4 Å². The van der Waals surface area contributed by atoms with Crippen LogP contribution in [0.5, 0.6) is 5.88 Å². The molecule has 0 unspecified atom stereocenters. The Morgan fingerprint density at radius 3 is 2.81 bits per heavy atom. The van der Waals surface area contributed by atoms with Gasteiger partial charge in [-0.1, -0.05) is 12.1 Å². The molecule has 2 aliphatic heterocycles. The molecule has 0 bridgehead atoms. The molecule has 1 saturated heterocycles. The fraction of sp³-hybridized carbons (Fsp3) is 0.320. The van der Waals surface area contributed by atoms with Crippen molar-refractivity contribution in [2.24, 2.45) is 4.99 Å². The molecule has 11 nitrogen and oxygen atoms in total. The van der Waals surface area contributed by atoms with Crippen molar-refractivity contribution in [3.8, 4) is 17.1 Å². The summed E-state index contributed by atoms with van der Waals surface area (Å²) in [5.41, 5.74) is 12.4. The van der Waals surface area contributed by atoms with Crippen LogP contribution in [0.1, 0.15) is 28.6 Å². The van der Waals surface area contributed by atoms with Gasteiger partial charge in [-0.3, -0.25) is 14.6 Å². The number of aliphatic hydroxyl groups is 1. The van der Waals surface area contributed by atoms with Gasteiger partial charge in [0.1, 0.15) is 5.82 Å². The summed E-state index contributed by atoms with van der Waals surface area (Å²) in [5.74, 6) is 0.173. The molecular formula is C25H26FN7O4. The minimum absolute atomic E-state index is 0.123. The molecule has 5 rings (SSSR count). The van der Waals surface area contributed by atoms with Crippen LogP contribution < -0.4 is 16.0 Å². The quantitative estimate of drug-likeness (QED) is 0.420. The van der Waals surface area contributed by atoms with E-state index in [4.69, 9.17) is 20.3 Å². The second-order valence-electron chi connectivity index (χ2n) is 8.83. The van der Waals surface area contributed by atoms with E-state index in [1.807, 2.05) is 0 Å². The van der Waals surface area contributed by atoms with Crippen LogP contribution in [0.2, 0.25) is 0 Å². The van der Waals surface area contributed by atoms with Crippen molar-refractivity contribution >= 4 is 17.7 Å². The Labute approximate surface area is 212 Å². The van der Waals surface area contributed by atoms with Gasteiger partial charge in [0.15, 0.2) is 12.4 Å². The number of fused-ring (bicyclic) bond motifs is 1. The van der Waals surface area contributed by atoms with E-state index in [0.717, 1.165) is 0 Å². The third-order valence-electron chi connectivity index (χ3n) is 6.25. The Bertz CT molecular complexity index is 1380. The van der Waals surface area contributed by atoms with Crippen LogP contribution in [-0.4, -0.2) is 69.6 Å². The van der Waals surface area contributed by atoms with E-state index in [0.29, 0.717) is 51.9 Å². The number of aliphatic hydroxyl groups excluding tert-OH is 1. The second kappa shape index (κ2) is 10.1. The molecule has 4 N–H and O–H groups in total. The van der Waals surface area contributed by atoms with Crippen LogP contribution in [-0.2, 0) is 16.1 Å². The van der Waals surface area contributed by atoms with Crippen molar-refractivity contribution in [2.45, 2.75) is 25.5 Å². The molecule has 37 heavy (non-hydrogen) atoms. The van der Waals surface area contributed by atoms with Gasteiger partial charge in [0.05, 0.1) is 41.9 Å². The van der Waals surface area contributed by atoms with Gasteiger partial charge in [-0.25, -0.2) is 24.8 Å². The first-order valence-corrected chi connectivity index (χ1v) is 11.7. The van der Waals surface area contributed by atoms with Crippen LogP contribution >= 0.6 is 0 Å². The molecule has 3 aromatic rings. The summed E-state index contributed by atoms with van der Waals surface area (Å²) in [6.07, 6.45) is -0.122. The fourth-order valence-corrected chi connectivity index (χ4v) is 4.45. The van der Waals surface area contributed by atoms with E-state index < -0.39 is 18.0 Å². The molecule has 4 heterocycles. The summed E-state index contributed by atoms with van der Waals surface area (Å²) in [6.45, 7) is 2.10. The van der Waals surface area contributed by atoms with Crippen LogP contribution in [0, 0.1) is 12.7 Å². The predicted molar refractivity (Wildman–Crippen MR) is 132 cm³/mol. The molecular weight excluding hydrogens is 481 g/mol. The normalized spacial score (nSPS) is 17.0. The average Bonchev–Trinajstić information content (AvgIpc) is 2.86. The van der Waals surface area contributed by atoms with Crippen LogP contribution in [0.4, 0.5) is 10.3 Å². The van der Waals surface area contributed by atoms with Gasteiger partial charge in [-0.2, -0.15) is 0 Å². The van der Waals surface area contributed by atoms with Crippen LogP contribution in [0.15, 0.2) is 41.4 Å². The Morgan fingerprint density at radius 1 is 1.24 bits per heavy atom. The first-order valence-electron chi connectivity index (χ1n) is 11.7. The Balaban J connectivity index is 1.48. The molecule has 1 fully saturated rings. The van der Waals surface area contributed by atoms with Gasteiger partial charge in [0.2, 0.25) is 11.8 Å². The number of likely N-dealkylation sites (tertiary alicyclic amines) is 1. The number of hydrogen-bond acceptors (Lipinski definition) is 10. The van der Waals surface area contributed by atoms with E-state index in [-0.39, 0.29) is 31.6 Å². The molecule has 0 saturated carbocycles. The van der Waals surface area contributed by atoms with Gasteiger partial charge < -0.3 is 20.5 Å². The highest BCUT2D eigenvalue weighted by Gasteiger charge is 2.31. The van der Waals surface area contributed by atoms with Gasteiger partial charge in [0, 0.05) is 31.1 Å². The van der Waals surface area contributed by atoms with Crippen molar-refractivity contribution in [1.29, 1.82) is 0 Å². The number of nitrogens with two attached hydrogens (primary N) is 1. The number of nitrogens with zero attached hydrogens (tertiary/aromatic N) is 5. The van der Waals surface area contributed by atoms with Crippen molar-refractivity contribution in [3.63, 3.8) is 0 Å². The number of halogens is 1. The maximum absolute atomic E-state index is 14.4. The monoisotopic (exact) mass is 507 g/mol. The number of nitrogen functional groups attached to an aromatic ring is 1. The largest absolute Gasteiger partial charge is 0.481 e. The number of carbonyl (C=O) groups is 1. The minimum Gasteiger partial charge on any atom is -0.481 e. The number of nitrogens with one attached hydrogen (secondary N) is 1. The number of benzene rings is 1. The zero-order valence-electron chi connectivity index (χ0n) is 20.3. The van der Waals surface area contributed by atoms with E-state index in [1.165, 1.54) is 24.1 Å². The minimum atomic E-state index is -0.499. The maximum Gasteiger partial charge on any atom is 0.251 e. The summed E-state index contributed by atoms with van der Waals surface area (Å²) in [7, 11) is 1.51. The van der Waals surface area contributed by atoms with Gasteiger partial charge in [-0.15, -0.1) is 0 Å². The molecule has 0 spiro atoms. The van der Waals surface area contributed by atoms with Crippen LogP contribution in [0.25, 0.3) is 11.3 Å². The Hall–Kier alpha value is -4.16. The molecule has 192 valence electrons. The number of amidine groups is 1. The highest BCUT2D eigenvalue weighted by atomic mass is 19.1. The number of rotatable bonds is 6. The molecule has 1 amide bonds. The molecule has 2 aromatic heterocycles. The van der Waals surface area contributed by atoms with E-state index >= 15 is 0 Å². The summed E-state index contributed by atoms with van der Waals surface area (Å²) >= 11 is 0. The summed E-state index contributed by atoms with van der Waals surface area (Å²) in [5, 5.41) is 9.42. The van der Waals surface area contributed by atoms with E-state index in [9.17, 15) is 14.3 Å². The lowest BCUT2D eigenvalue weighted by atomic mass is 9.91. The Morgan fingerprint density at radius 2 is 2.05 bits per heavy atom. The van der Waals surface area contributed by atoms with Crippen LogP contribution in [0.3, 0.4) is 0 Å². The van der Waals surface area contributed by atoms with Gasteiger partial charge in [-0.05, 0) is 30.7 Å². The first-order chi connectivity index (χ1) is 17.8. The zero-order valence-corrected chi connectivity index (χ0v) is 20.3. The number of aromatic nitrogens is 3. The number of amides is 1. The highest BCUT2D eigenvalue weighted by Crippen LogP contribution is 2.36. The van der Waals surface area contributed by atoms with Crippen molar-refractivity contribution in [1.82, 2.24) is 25.3 Å². The standard InChI is InChI=1S/C25H26FN7O4/c1-13-23-20(31-25(27)28-13)9-19(30-24(23)32-37-12-22(35)33-10-15(34)11-33)16-7-6-14(26)8-17(16)18-4-3-5-21(29-18)36-2/h3-8,15,19,34H,9-12H2,1-2H3,(H,30,32)(H2,27,28,31)/t19-/m1/s1. The smallest absolute Gasteiger partial charge is 0.251 e. The number of hydrogen-bond donors (Lipinski definition) is 3. The number of β-amino-alcohol motifs (C(OH)–C–C–N with tert-alkyl or cyclic N) is 1. The van der Waals surface area contributed by atoms with Gasteiger partial charge in [0.25, 0.3) is 5.91 Å². The average molecular weight is 508 g/mol. The number of hydroxylamine groups is 1. The number of aliphatic imine (C=N–C) groups is 1. The molecule has 12 heteroatoms. The maximum atomic E-state index is 14.4. The summed E-state index contributed by atoms with van der Waals surface area (Å²) < 4.78 is 19.6. The predicted octanol–water partition coefficient (Wildman–Crippen LogP) is 1.35. The molecule has 2 aliphatic rings. The third kappa shape index (κ3) is 5.06. The summed E-state index contributed by atoms with van der Waals surface area (Å²) in [4.78, 5) is 37.2. The lowest BCUT2D eigenvalue weighted by Gasteiger charge is -2.35. The second-order valence-corrected chi connectivity index (χ2v) is 8.83. The fourth-order valence-electron chi connectivity index (χ4n) is 4.45. The summed E-state index contributed by atoms with van der Waals surface area (Å²) in [6, 6.07) is 9.21. The van der Waals surface area contributed by atoms with E-state index in [1.54, 1.807) is 31.2 Å². The lowest BCUT2D eigenvalue weighted by Crippen LogP contribution is -2.54. The topological polar surface area (TPSA) is 148 Å². The molecule has 1 aromatic carbocycles. The number of ether oxygens (including phenoxy) is 1. The molecule has 0 aliphatic carbocycles. The number of carbonyl (C=O) groups excluding carboxylic acids is 1. The van der Waals surface area contributed by atoms with Gasteiger partial charge >= 0.3 is 0 Å². The number of methoxy groups -OCH3 is 1. The number of aryl methyl sites for hydroxylation is 1. The number of pyridine rings is 1. The number of anilines is 1. The highest BCUT2D eigenvalue weighted by molar-refractivity contribution is 6.01. The van der Waals surface area contributed by atoms with Crippen molar-refractivity contribution in [3.05, 3.63) is 64.7 Å². The molecule has 1 atom stereocenters. The third-order valence-corrected chi connectivity index (χ3v) is 6.25. The lowest BCUT2D eigenvalue weighted by molar-refractivity contribution is -0.147.